The minimum absolute atomic E-state index is 0.00298. The Labute approximate surface area is 335 Å². The molecule has 1 fully saturated rings. The van der Waals surface area contributed by atoms with Crippen molar-refractivity contribution in [3.63, 3.8) is 0 Å². The van der Waals surface area contributed by atoms with Crippen LogP contribution in [0.1, 0.15) is 60.1 Å². The molecule has 5 aromatic rings. The topological polar surface area (TPSA) is 217 Å². The first-order valence-corrected chi connectivity index (χ1v) is 18.0. The summed E-state index contributed by atoms with van der Waals surface area (Å²) in [6.07, 6.45) is -8.17. The summed E-state index contributed by atoms with van der Waals surface area (Å²) >= 11 is 0. The highest BCUT2D eigenvalue weighted by Crippen LogP contribution is 2.47. The van der Waals surface area contributed by atoms with Crippen LogP contribution in [0.5, 0.6) is 17.2 Å². The average molecular weight is 809 g/mol. The van der Waals surface area contributed by atoms with Gasteiger partial charge >= 0.3 is 35.8 Å². The smallest absolute Gasteiger partial charge is 0.343 e. The quantitative estimate of drug-likeness (QED) is 0.100. The fourth-order valence-corrected chi connectivity index (χ4v) is 6.43. The Bertz CT molecular complexity index is 2460. The van der Waals surface area contributed by atoms with Crippen molar-refractivity contribution in [3.8, 4) is 28.6 Å². The number of carbonyl (C=O) groups is 6. The van der Waals surface area contributed by atoms with Crippen molar-refractivity contribution in [2.75, 3.05) is 6.61 Å². The van der Waals surface area contributed by atoms with E-state index in [2.05, 4.69) is 0 Å². The number of ether oxygens (including phenoxy) is 7. The van der Waals surface area contributed by atoms with Gasteiger partial charge in [0.25, 0.3) is 0 Å². The van der Waals surface area contributed by atoms with Crippen molar-refractivity contribution < 1.29 is 71.4 Å². The van der Waals surface area contributed by atoms with Crippen molar-refractivity contribution in [2.45, 2.75) is 58.2 Å². The zero-order chi connectivity index (χ0) is 42.4. The number of hydrogen-bond donors (Lipinski definition) is 1. The van der Waals surface area contributed by atoms with Gasteiger partial charge in [-0.15, -0.1) is 0 Å². The van der Waals surface area contributed by atoms with E-state index in [-0.39, 0.29) is 28.0 Å². The summed E-state index contributed by atoms with van der Waals surface area (Å²) in [5.74, 6) is -6.15. The van der Waals surface area contributed by atoms with Crippen LogP contribution in [0.25, 0.3) is 22.3 Å². The van der Waals surface area contributed by atoms with Gasteiger partial charge < -0.3 is 42.7 Å². The molecule has 59 heavy (non-hydrogen) atoms. The van der Waals surface area contributed by atoms with E-state index >= 15 is 0 Å². The van der Waals surface area contributed by atoms with E-state index < -0.39 is 95.4 Å². The van der Waals surface area contributed by atoms with Crippen LogP contribution in [0.4, 0.5) is 0 Å². The van der Waals surface area contributed by atoms with Crippen molar-refractivity contribution in [1.29, 1.82) is 0 Å². The Kier molecular flexibility index (Phi) is 12.5. The van der Waals surface area contributed by atoms with E-state index in [0.29, 0.717) is 11.1 Å². The van der Waals surface area contributed by atoms with E-state index in [9.17, 15) is 38.7 Å². The Morgan fingerprint density at radius 1 is 0.644 bits per heavy atom. The minimum Gasteiger partial charge on any atom is -0.507 e. The number of phenols is 1. The molecule has 1 N–H and O–H groups in total. The second kappa shape index (κ2) is 17.9. The lowest BCUT2D eigenvalue weighted by Crippen LogP contribution is -2.59. The van der Waals surface area contributed by atoms with Crippen LogP contribution < -0.4 is 14.9 Å². The fraction of sp³-hybridized carbons (Fsp3) is 0.233. The summed E-state index contributed by atoms with van der Waals surface area (Å²) in [6, 6.07) is 24.2. The first kappa shape index (κ1) is 41.3. The van der Waals surface area contributed by atoms with Crippen LogP contribution in [0.15, 0.2) is 106 Å². The summed E-state index contributed by atoms with van der Waals surface area (Å²) in [7, 11) is 0. The Hall–Kier alpha value is -7.33. The lowest BCUT2D eigenvalue weighted by Gasteiger charge is -2.44. The number of benzene rings is 4. The zero-order valence-corrected chi connectivity index (χ0v) is 31.9. The second-order valence-electron chi connectivity index (χ2n) is 13.1. The molecule has 5 atom stereocenters. The Morgan fingerprint density at radius 2 is 1.19 bits per heavy atom. The predicted octanol–water partition coefficient (Wildman–Crippen LogP) is 5.40. The molecule has 1 aromatic heterocycles. The van der Waals surface area contributed by atoms with Crippen LogP contribution in [0.2, 0.25) is 0 Å². The van der Waals surface area contributed by atoms with Gasteiger partial charge in [-0.2, -0.15) is 0 Å². The van der Waals surface area contributed by atoms with E-state index in [0.717, 1.165) is 39.8 Å². The third-order valence-electron chi connectivity index (χ3n) is 8.83. The number of aromatic hydroxyl groups is 1. The molecule has 1 aliphatic heterocycles. The average Bonchev–Trinajstić information content (AvgIpc) is 3.19. The largest absolute Gasteiger partial charge is 0.507 e. The third-order valence-corrected chi connectivity index (χ3v) is 8.83. The van der Waals surface area contributed by atoms with Crippen molar-refractivity contribution in [3.05, 3.63) is 124 Å². The molecular weight excluding hydrogens is 772 g/mol. The molecule has 4 aromatic carbocycles. The SMILES string of the molecule is CC(=O)OC[C@H]1O[C@@H](c2c(O)cc3oc(-c4ccc(OC(=O)c5ccccc5)cc4)cc(=O)c3c2OC(=O)c2ccccc2)[C@H](OC(C)=O)[C@@H](OC(C)=O)[C@@H]1OC(C)=O. The van der Waals surface area contributed by atoms with Gasteiger partial charge in [-0.1, -0.05) is 36.4 Å². The van der Waals surface area contributed by atoms with Gasteiger partial charge in [0.05, 0.1) is 16.7 Å². The maximum atomic E-state index is 14.2. The van der Waals surface area contributed by atoms with Gasteiger partial charge in [0.1, 0.15) is 47.0 Å². The summed E-state index contributed by atoms with van der Waals surface area (Å²) in [5.41, 5.74) is -0.758. The van der Waals surface area contributed by atoms with Crippen molar-refractivity contribution in [1.82, 2.24) is 0 Å². The van der Waals surface area contributed by atoms with Crippen molar-refractivity contribution >= 4 is 46.8 Å². The molecule has 0 bridgehead atoms. The molecule has 16 heteroatoms. The molecular formula is C43H36O16. The van der Waals surface area contributed by atoms with Crippen LogP contribution >= 0.6 is 0 Å². The predicted molar refractivity (Wildman–Crippen MR) is 203 cm³/mol. The molecule has 0 amide bonds. The molecule has 0 aliphatic carbocycles. The fourth-order valence-electron chi connectivity index (χ4n) is 6.43. The maximum absolute atomic E-state index is 14.2. The maximum Gasteiger partial charge on any atom is 0.343 e. The number of carbonyl (C=O) groups excluding carboxylic acids is 6. The number of fused-ring (bicyclic) bond motifs is 1. The van der Waals surface area contributed by atoms with Crippen LogP contribution in [-0.4, -0.2) is 71.9 Å². The monoisotopic (exact) mass is 808 g/mol. The molecule has 0 spiro atoms. The molecule has 1 saturated heterocycles. The summed E-state index contributed by atoms with van der Waals surface area (Å²) < 4.78 is 45.5. The third kappa shape index (κ3) is 9.62. The zero-order valence-electron chi connectivity index (χ0n) is 31.9. The normalized spacial score (nSPS) is 18.5. The van der Waals surface area contributed by atoms with Gasteiger partial charge in [-0.05, 0) is 48.5 Å². The first-order chi connectivity index (χ1) is 28.2. The van der Waals surface area contributed by atoms with Gasteiger partial charge in [-0.3, -0.25) is 24.0 Å². The van der Waals surface area contributed by atoms with Crippen molar-refractivity contribution in [2.24, 2.45) is 0 Å². The highest BCUT2D eigenvalue weighted by atomic mass is 16.7. The molecule has 0 unspecified atom stereocenters. The molecule has 16 nitrogen and oxygen atoms in total. The molecule has 0 saturated carbocycles. The van der Waals surface area contributed by atoms with E-state index in [1.54, 1.807) is 48.5 Å². The van der Waals surface area contributed by atoms with E-state index in [1.165, 1.54) is 36.4 Å². The summed E-state index contributed by atoms with van der Waals surface area (Å²) in [6.45, 7) is 3.62. The standard InChI is InChI=1S/C43H36O16/c1-22(44)52-21-34-37(53-23(2)45)40(54-24(3)46)41(55-25(4)47)39(58-34)36-31(49)20-33-35(38(36)59-43(51)28-13-9-6-10-14-28)30(48)19-32(57-33)26-15-17-29(18-16-26)56-42(50)27-11-7-5-8-12-27/h5-20,34,37,39-41,49H,21H2,1-4H3/t34-,37-,39+,40+,41+/m1/s1. The Morgan fingerprint density at radius 3 is 1.75 bits per heavy atom. The van der Waals surface area contributed by atoms with E-state index in [4.69, 9.17) is 37.6 Å². The van der Waals surface area contributed by atoms with Gasteiger partial charge in [0.2, 0.25) is 0 Å². The molecule has 1 aliphatic rings. The first-order valence-electron chi connectivity index (χ1n) is 18.0. The van der Waals surface area contributed by atoms with Gasteiger partial charge in [-0.25, -0.2) is 9.59 Å². The van der Waals surface area contributed by atoms with Crippen LogP contribution in [0.3, 0.4) is 0 Å². The van der Waals surface area contributed by atoms with Gasteiger partial charge in [0.15, 0.2) is 29.5 Å². The molecule has 6 rings (SSSR count). The minimum atomic E-state index is -1.76. The highest BCUT2D eigenvalue weighted by molar-refractivity contribution is 5.96. The van der Waals surface area contributed by atoms with E-state index in [1.807, 2.05) is 0 Å². The van der Waals surface area contributed by atoms with Crippen LogP contribution in [-0.2, 0) is 42.9 Å². The number of esters is 6. The summed E-state index contributed by atoms with van der Waals surface area (Å²) in [4.78, 5) is 89.8. The lowest BCUT2D eigenvalue weighted by atomic mass is 9.88. The summed E-state index contributed by atoms with van der Waals surface area (Å²) in [5, 5.41) is 11.5. The second-order valence-corrected chi connectivity index (χ2v) is 13.1. The molecule has 0 radical (unpaired) electrons. The van der Waals surface area contributed by atoms with Gasteiger partial charge in [0, 0.05) is 45.4 Å². The molecule has 304 valence electrons. The Balaban J connectivity index is 1.50. The molecule has 2 heterocycles. The number of hydrogen-bond acceptors (Lipinski definition) is 16. The van der Waals surface area contributed by atoms with Crippen LogP contribution in [0, 0.1) is 0 Å². The lowest BCUT2D eigenvalue weighted by molar-refractivity contribution is -0.254. The highest BCUT2D eigenvalue weighted by Gasteiger charge is 2.54. The number of rotatable bonds is 11. The number of phenolic OH excluding ortho intramolecular Hbond substituents is 1.